The maximum atomic E-state index is 15.1. The number of sulfonamides is 1. The highest BCUT2D eigenvalue weighted by atomic mass is 32.2. The van der Waals surface area contributed by atoms with Crippen LogP contribution in [0.25, 0.3) is 11.0 Å². The summed E-state index contributed by atoms with van der Waals surface area (Å²) >= 11 is 0. The van der Waals surface area contributed by atoms with Crippen LogP contribution in [0.3, 0.4) is 0 Å². The van der Waals surface area contributed by atoms with E-state index in [1.165, 1.54) is 17.6 Å². The first-order valence-corrected chi connectivity index (χ1v) is 19.3. The zero-order valence-electron chi connectivity index (χ0n) is 29.3. The molecular weight excluding hydrogens is 657 g/mol. The van der Waals surface area contributed by atoms with Crippen LogP contribution in [-0.4, -0.2) is 70.9 Å². The summed E-state index contributed by atoms with van der Waals surface area (Å²) in [6, 6.07) is 19.9. The second-order valence-corrected chi connectivity index (χ2v) is 17.3. The molecule has 3 aromatic carbocycles. The number of hydrogen-bond donors (Lipinski definition) is 1. The lowest BCUT2D eigenvalue weighted by atomic mass is 9.70. The first kappa shape index (κ1) is 34.8. The quantitative estimate of drug-likeness (QED) is 0.211. The smallest absolute Gasteiger partial charge is 0.256 e. The predicted octanol–water partition coefficient (Wildman–Crippen LogP) is 7.13. The van der Waals surface area contributed by atoms with Gasteiger partial charge in [0.25, 0.3) is 5.91 Å². The Hall–Kier alpha value is -3.67. The molecule has 3 fully saturated rings. The van der Waals surface area contributed by atoms with E-state index >= 15 is 4.39 Å². The summed E-state index contributed by atoms with van der Waals surface area (Å²) in [6.45, 7) is 8.85. The van der Waals surface area contributed by atoms with Crippen molar-refractivity contribution in [2.45, 2.75) is 107 Å². The molecule has 2 atom stereocenters. The number of halogens is 2. The number of nitrogens with zero attached hydrogens (tertiary/aromatic N) is 4. The Morgan fingerprint density at radius 1 is 0.940 bits per heavy atom. The fraction of sp³-hybridized carbons (Fsp3) is 0.487. The Labute approximate surface area is 293 Å². The molecule has 266 valence electrons. The first-order chi connectivity index (χ1) is 23.7. The first-order valence-electron chi connectivity index (χ1n) is 17.8. The summed E-state index contributed by atoms with van der Waals surface area (Å²) in [4.78, 5) is 22.7. The van der Waals surface area contributed by atoms with Gasteiger partial charge in [-0.2, -0.15) is 0 Å². The number of benzene rings is 3. The van der Waals surface area contributed by atoms with Crippen LogP contribution in [0.15, 0.2) is 71.6 Å². The minimum Gasteiger partial charge on any atom is -0.338 e. The van der Waals surface area contributed by atoms with E-state index in [1.807, 2.05) is 12.1 Å². The average molecular weight is 704 g/mol. The SMILES string of the molecule is Cc1nc2ccccc2n1C1CC2CCC(C1)N2CCC1(c2cccc(F)c2)CCN(C(=O)c2cc(S(=O)(=O)NC(C)(C)C)ccc2F)CC1. The normalized spacial score (nSPS) is 22.7. The second-order valence-electron chi connectivity index (χ2n) is 15.6. The zero-order valence-corrected chi connectivity index (χ0v) is 30.1. The van der Waals surface area contributed by atoms with Gasteiger partial charge in [0.05, 0.1) is 21.5 Å². The Bertz CT molecular complexity index is 2000. The van der Waals surface area contributed by atoms with Crippen molar-refractivity contribution in [3.8, 4) is 0 Å². The summed E-state index contributed by atoms with van der Waals surface area (Å²) in [5, 5.41) is 0. The molecule has 4 heterocycles. The van der Waals surface area contributed by atoms with Crippen LogP contribution in [0.1, 0.15) is 93.5 Å². The van der Waals surface area contributed by atoms with Crippen LogP contribution in [0.2, 0.25) is 0 Å². The lowest BCUT2D eigenvalue weighted by Gasteiger charge is -2.45. The molecule has 11 heteroatoms. The van der Waals surface area contributed by atoms with Gasteiger partial charge in [-0.25, -0.2) is 26.9 Å². The van der Waals surface area contributed by atoms with E-state index in [4.69, 9.17) is 4.98 Å². The fourth-order valence-electron chi connectivity index (χ4n) is 8.90. The largest absolute Gasteiger partial charge is 0.338 e. The number of aromatic nitrogens is 2. The van der Waals surface area contributed by atoms with Gasteiger partial charge in [-0.3, -0.25) is 9.69 Å². The molecule has 1 amide bonds. The highest BCUT2D eigenvalue weighted by Crippen LogP contribution is 2.45. The van der Waals surface area contributed by atoms with Crippen LogP contribution in [0, 0.1) is 18.6 Å². The van der Waals surface area contributed by atoms with Crippen LogP contribution in [0.4, 0.5) is 8.78 Å². The van der Waals surface area contributed by atoms with Crippen LogP contribution in [0.5, 0.6) is 0 Å². The molecule has 4 aromatic rings. The molecular formula is C39H47F2N5O3S. The summed E-state index contributed by atoms with van der Waals surface area (Å²) in [5.41, 5.74) is 1.81. The molecule has 1 aromatic heterocycles. The highest BCUT2D eigenvalue weighted by molar-refractivity contribution is 7.89. The van der Waals surface area contributed by atoms with E-state index < -0.39 is 27.3 Å². The van der Waals surface area contributed by atoms with E-state index in [0.717, 1.165) is 67.7 Å². The molecule has 50 heavy (non-hydrogen) atoms. The lowest BCUT2D eigenvalue weighted by molar-refractivity contribution is 0.0602. The second kappa shape index (κ2) is 13.1. The van der Waals surface area contributed by atoms with Gasteiger partial charge < -0.3 is 9.47 Å². The standard InChI is InChI=1S/C39H47F2N5O3S/c1-26-42-35-10-5-6-11-36(35)46(26)31-23-29-12-13-30(24-31)45(29)21-18-39(27-8-7-9-28(40)22-27)16-19-44(20-17-39)37(47)33-25-32(14-15-34(33)41)50(48,49)43-38(2,3)4/h5-11,14-15,22,25,29-31,43H,12-13,16-21,23-24H2,1-4H3. The van der Waals surface area contributed by atoms with E-state index in [1.54, 1.807) is 37.8 Å². The lowest BCUT2D eigenvalue weighted by Crippen LogP contribution is -2.49. The summed E-state index contributed by atoms with van der Waals surface area (Å²) in [6.07, 6.45) is 6.47. The maximum Gasteiger partial charge on any atom is 0.256 e. The van der Waals surface area contributed by atoms with E-state index in [9.17, 15) is 17.6 Å². The van der Waals surface area contributed by atoms with Crippen molar-refractivity contribution < 1.29 is 22.0 Å². The average Bonchev–Trinajstić information content (AvgIpc) is 3.52. The summed E-state index contributed by atoms with van der Waals surface area (Å²) in [7, 11) is -3.96. The van der Waals surface area contributed by atoms with Gasteiger partial charge in [0.1, 0.15) is 17.5 Å². The molecule has 0 aliphatic carbocycles. The summed E-state index contributed by atoms with van der Waals surface area (Å²) < 4.78 is 60.7. The third-order valence-corrected chi connectivity index (χ3v) is 13.0. The molecule has 2 unspecified atom stereocenters. The number of hydrogen-bond acceptors (Lipinski definition) is 5. The number of carbonyl (C=O) groups is 1. The number of carbonyl (C=O) groups excluding carboxylic acids is 1. The number of imidazole rings is 1. The molecule has 0 spiro atoms. The van der Waals surface area contributed by atoms with Crippen molar-refractivity contribution in [2.24, 2.45) is 0 Å². The number of piperidine rings is 2. The molecule has 7 rings (SSSR count). The van der Waals surface area contributed by atoms with Crippen LogP contribution in [-0.2, 0) is 15.4 Å². The van der Waals surface area contributed by atoms with Gasteiger partial charge in [-0.05, 0) is 133 Å². The van der Waals surface area contributed by atoms with Crippen molar-refractivity contribution in [1.29, 1.82) is 0 Å². The molecule has 2 bridgehead atoms. The van der Waals surface area contributed by atoms with Gasteiger partial charge in [0.2, 0.25) is 10.0 Å². The molecule has 8 nitrogen and oxygen atoms in total. The number of likely N-dealkylation sites (tertiary alicyclic amines) is 1. The van der Waals surface area contributed by atoms with Crippen molar-refractivity contribution >= 4 is 27.0 Å². The molecule has 3 aliphatic rings. The van der Waals surface area contributed by atoms with E-state index in [-0.39, 0.29) is 21.7 Å². The van der Waals surface area contributed by atoms with Crippen molar-refractivity contribution in [1.82, 2.24) is 24.1 Å². The Morgan fingerprint density at radius 2 is 1.64 bits per heavy atom. The fourth-order valence-corrected chi connectivity index (χ4v) is 10.3. The molecule has 0 radical (unpaired) electrons. The Balaban J connectivity index is 1.07. The molecule has 3 aliphatic heterocycles. The van der Waals surface area contributed by atoms with Gasteiger partial charge >= 0.3 is 0 Å². The van der Waals surface area contributed by atoms with Gasteiger partial charge in [-0.15, -0.1) is 0 Å². The van der Waals surface area contributed by atoms with Gasteiger partial charge in [-0.1, -0.05) is 24.3 Å². The van der Waals surface area contributed by atoms with Gasteiger partial charge in [0.15, 0.2) is 0 Å². The summed E-state index contributed by atoms with van der Waals surface area (Å²) in [5.74, 6) is -0.520. The maximum absolute atomic E-state index is 15.1. The molecule has 3 saturated heterocycles. The molecule has 0 saturated carbocycles. The topological polar surface area (TPSA) is 87.5 Å². The molecule has 1 N–H and O–H groups in total. The predicted molar refractivity (Wildman–Crippen MR) is 191 cm³/mol. The number of nitrogens with one attached hydrogen (secondary N) is 1. The monoisotopic (exact) mass is 703 g/mol. The van der Waals surface area contributed by atoms with Crippen molar-refractivity contribution in [3.63, 3.8) is 0 Å². The van der Waals surface area contributed by atoms with Gasteiger partial charge in [0, 0.05) is 36.8 Å². The third-order valence-electron chi connectivity index (χ3n) is 11.2. The minimum atomic E-state index is -3.96. The van der Waals surface area contributed by atoms with Crippen molar-refractivity contribution in [3.05, 3.63) is 95.3 Å². The van der Waals surface area contributed by atoms with Crippen LogP contribution < -0.4 is 4.72 Å². The number of amides is 1. The third kappa shape index (κ3) is 6.72. The zero-order chi connectivity index (χ0) is 35.4. The van der Waals surface area contributed by atoms with E-state index in [2.05, 4.69) is 39.3 Å². The number of aryl methyl sites for hydroxylation is 1. The number of para-hydroxylation sites is 2. The van der Waals surface area contributed by atoms with Crippen molar-refractivity contribution in [2.75, 3.05) is 19.6 Å². The number of rotatable bonds is 8. The van der Waals surface area contributed by atoms with E-state index in [0.29, 0.717) is 44.1 Å². The highest BCUT2D eigenvalue weighted by Gasteiger charge is 2.44. The van der Waals surface area contributed by atoms with Crippen LogP contribution >= 0.6 is 0 Å². The number of fused-ring (bicyclic) bond motifs is 3. The minimum absolute atomic E-state index is 0.155. The Morgan fingerprint density at radius 3 is 2.32 bits per heavy atom. The Kier molecular flexibility index (Phi) is 9.14.